The molecule has 2 aromatic rings. The molecule has 0 heterocycles. The molecule has 0 fully saturated rings. The first-order chi connectivity index (χ1) is 10.0. The predicted molar refractivity (Wildman–Crippen MR) is 80.1 cm³/mol. The van der Waals surface area contributed by atoms with Crippen LogP contribution in [0, 0.1) is 10.1 Å². The minimum atomic E-state index is -0.480. The van der Waals surface area contributed by atoms with Gasteiger partial charge in [0.25, 0.3) is 5.69 Å². The first kappa shape index (κ1) is 14.9. The Bertz CT molecular complexity index is 676. The van der Waals surface area contributed by atoms with Crippen molar-refractivity contribution in [3.63, 3.8) is 0 Å². The van der Waals surface area contributed by atoms with Crippen LogP contribution in [0.15, 0.2) is 36.4 Å². The molecule has 0 unspecified atom stereocenters. The molecular weight excluding hydrogens is 296 g/mol. The highest BCUT2D eigenvalue weighted by Crippen LogP contribution is 2.30. The maximum absolute atomic E-state index is 10.7. The van der Waals surface area contributed by atoms with E-state index in [1.807, 2.05) is 0 Å². The Kier molecular flexibility index (Phi) is 4.49. The van der Waals surface area contributed by atoms with Gasteiger partial charge < -0.3 is 15.2 Å². The maximum atomic E-state index is 10.7. The molecule has 6 nitrogen and oxygen atoms in total. The van der Waals surface area contributed by atoms with E-state index < -0.39 is 4.92 Å². The van der Waals surface area contributed by atoms with Crippen LogP contribution >= 0.6 is 11.6 Å². The van der Waals surface area contributed by atoms with Gasteiger partial charge in [-0.25, -0.2) is 0 Å². The number of phenolic OH excluding ortho intramolecular Hbond substituents is 1. The highest BCUT2D eigenvalue weighted by atomic mass is 35.5. The second-order valence-corrected chi connectivity index (χ2v) is 4.69. The van der Waals surface area contributed by atoms with Gasteiger partial charge in [-0.15, -0.1) is 0 Å². The zero-order chi connectivity index (χ0) is 15.4. The number of hydrogen-bond donors (Lipinski definition) is 2. The molecule has 0 aromatic heterocycles. The van der Waals surface area contributed by atoms with E-state index in [0.29, 0.717) is 18.0 Å². The van der Waals surface area contributed by atoms with Gasteiger partial charge in [-0.2, -0.15) is 0 Å². The van der Waals surface area contributed by atoms with E-state index in [4.69, 9.17) is 16.3 Å². The van der Waals surface area contributed by atoms with Gasteiger partial charge in [-0.05, 0) is 23.8 Å². The van der Waals surface area contributed by atoms with Crippen LogP contribution in [0.1, 0.15) is 5.56 Å². The summed E-state index contributed by atoms with van der Waals surface area (Å²) in [4.78, 5) is 10.2. The number of nitro benzene ring substituents is 1. The summed E-state index contributed by atoms with van der Waals surface area (Å²) in [5.74, 6) is 0.405. The van der Waals surface area contributed by atoms with Crippen LogP contribution in [0.4, 0.5) is 11.4 Å². The summed E-state index contributed by atoms with van der Waals surface area (Å²) < 4.78 is 5.13. The van der Waals surface area contributed by atoms with E-state index in [1.165, 1.54) is 25.3 Å². The summed E-state index contributed by atoms with van der Waals surface area (Å²) in [6.07, 6.45) is 0. The lowest BCUT2D eigenvalue weighted by atomic mass is 10.2. The lowest BCUT2D eigenvalue weighted by Gasteiger charge is -2.11. The molecule has 2 N–H and O–H groups in total. The Labute approximate surface area is 126 Å². The highest BCUT2D eigenvalue weighted by molar-refractivity contribution is 6.32. The second-order valence-electron chi connectivity index (χ2n) is 4.28. The van der Waals surface area contributed by atoms with Crippen molar-refractivity contribution in [2.75, 3.05) is 12.4 Å². The van der Waals surface area contributed by atoms with E-state index in [1.54, 1.807) is 18.2 Å². The molecule has 0 aliphatic carbocycles. The standard InChI is InChI=1S/C14H13ClN2O4/c1-21-14-7-10(17(19)20)3-4-12(14)16-8-9-2-5-13(18)11(15)6-9/h2-7,16,18H,8H2,1H3. The van der Waals surface area contributed by atoms with Crippen LogP contribution in [0.5, 0.6) is 11.5 Å². The van der Waals surface area contributed by atoms with Gasteiger partial charge >= 0.3 is 0 Å². The van der Waals surface area contributed by atoms with E-state index in [9.17, 15) is 15.2 Å². The Morgan fingerprint density at radius 2 is 2.10 bits per heavy atom. The molecule has 2 rings (SSSR count). The largest absolute Gasteiger partial charge is 0.506 e. The smallest absolute Gasteiger partial charge is 0.273 e. The van der Waals surface area contributed by atoms with Crippen LogP contribution in [-0.2, 0) is 6.54 Å². The van der Waals surface area contributed by atoms with Crippen LogP contribution in [0.2, 0.25) is 5.02 Å². The van der Waals surface area contributed by atoms with Gasteiger partial charge in [0, 0.05) is 12.6 Å². The first-order valence-electron chi connectivity index (χ1n) is 6.05. The molecule has 0 bridgehead atoms. The Hall–Kier alpha value is -2.47. The van der Waals surface area contributed by atoms with Gasteiger partial charge in [-0.3, -0.25) is 10.1 Å². The van der Waals surface area contributed by atoms with Gasteiger partial charge in [0.1, 0.15) is 11.5 Å². The zero-order valence-electron chi connectivity index (χ0n) is 11.2. The number of methoxy groups -OCH3 is 1. The van der Waals surface area contributed by atoms with Crippen molar-refractivity contribution in [1.29, 1.82) is 0 Å². The molecule has 0 atom stereocenters. The molecule has 0 aliphatic heterocycles. The summed E-state index contributed by atoms with van der Waals surface area (Å²) in [6.45, 7) is 0.439. The molecule has 21 heavy (non-hydrogen) atoms. The Morgan fingerprint density at radius 3 is 2.71 bits per heavy atom. The minimum Gasteiger partial charge on any atom is -0.506 e. The molecule has 0 saturated heterocycles. The van der Waals surface area contributed by atoms with Gasteiger partial charge in [-0.1, -0.05) is 17.7 Å². The fourth-order valence-corrected chi connectivity index (χ4v) is 2.00. The van der Waals surface area contributed by atoms with Crippen molar-refractivity contribution in [3.05, 3.63) is 57.1 Å². The number of hydrogen-bond acceptors (Lipinski definition) is 5. The average molecular weight is 309 g/mol. The van der Waals surface area contributed by atoms with Crippen molar-refractivity contribution in [2.24, 2.45) is 0 Å². The summed E-state index contributed by atoms with van der Waals surface area (Å²) in [7, 11) is 1.45. The number of benzene rings is 2. The quantitative estimate of drug-likeness (QED) is 0.651. The first-order valence-corrected chi connectivity index (χ1v) is 6.42. The number of aromatic hydroxyl groups is 1. The number of nitrogens with zero attached hydrogens (tertiary/aromatic N) is 1. The third kappa shape index (κ3) is 3.55. The number of rotatable bonds is 5. The van der Waals surface area contributed by atoms with Crippen LogP contribution < -0.4 is 10.1 Å². The molecule has 2 aromatic carbocycles. The fourth-order valence-electron chi connectivity index (χ4n) is 1.80. The predicted octanol–water partition coefficient (Wildman–Crippen LogP) is 3.57. The van der Waals surface area contributed by atoms with Crippen molar-refractivity contribution in [1.82, 2.24) is 0 Å². The highest BCUT2D eigenvalue weighted by Gasteiger charge is 2.11. The summed E-state index contributed by atoms with van der Waals surface area (Å²) in [5.41, 5.74) is 1.45. The fraction of sp³-hybridized carbons (Fsp3) is 0.143. The van der Waals surface area contributed by atoms with Crippen LogP contribution in [0.25, 0.3) is 0 Å². The topological polar surface area (TPSA) is 84.6 Å². The lowest BCUT2D eigenvalue weighted by Crippen LogP contribution is -2.02. The summed E-state index contributed by atoms with van der Waals surface area (Å²) in [6, 6.07) is 9.21. The molecule has 110 valence electrons. The maximum Gasteiger partial charge on any atom is 0.273 e. The number of ether oxygens (including phenoxy) is 1. The SMILES string of the molecule is COc1cc([N+](=O)[O-])ccc1NCc1ccc(O)c(Cl)c1. The van der Waals surface area contributed by atoms with E-state index in [0.717, 1.165) is 5.56 Å². The second kappa shape index (κ2) is 6.32. The zero-order valence-corrected chi connectivity index (χ0v) is 11.9. The number of phenols is 1. The molecule has 0 spiro atoms. The molecule has 0 aliphatic rings. The molecule has 7 heteroatoms. The summed E-state index contributed by atoms with van der Waals surface area (Å²) in [5, 5.41) is 23.5. The van der Waals surface area contributed by atoms with E-state index in [2.05, 4.69) is 5.32 Å². The molecule has 0 radical (unpaired) electrons. The van der Waals surface area contributed by atoms with Crippen molar-refractivity contribution in [2.45, 2.75) is 6.54 Å². The molecule has 0 amide bonds. The lowest BCUT2D eigenvalue weighted by molar-refractivity contribution is -0.384. The molecule has 0 saturated carbocycles. The average Bonchev–Trinajstić information content (AvgIpc) is 2.48. The van der Waals surface area contributed by atoms with Gasteiger partial charge in [0.05, 0.1) is 28.8 Å². The normalized spacial score (nSPS) is 10.2. The van der Waals surface area contributed by atoms with Crippen molar-refractivity contribution >= 4 is 23.0 Å². The Morgan fingerprint density at radius 1 is 1.33 bits per heavy atom. The summed E-state index contributed by atoms with van der Waals surface area (Å²) >= 11 is 5.83. The number of nitro groups is 1. The van der Waals surface area contributed by atoms with Gasteiger partial charge in [0.2, 0.25) is 0 Å². The Balaban J connectivity index is 2.15. The third-order valence-electron chi connectivity index (χ3n) is 2.89. The van der Waals surface area contributed by atoms with Crippen LogP contribution in [-0.4, -0.2) is 17.1 Å². The van der Waals surface area contributed by atoms with Gasteiger partial charge in [0.15, 0.2) is 0 Å². The molecular formula is C14H13ClN2O4. The van der Waals surface area contributed by atoms with Crippen molar-refractivity contribution < 1.29 is 14.8 Å². The minimum absolute atomic E-state index is 0.0216. The van der Waals surface area contributed by atoms with E-state index >= 15 is 0 Å². The van der Waals surface area contributed by atoms with E-state index in [-0.39, 0.29) is 16.5 Å². The van der Waals surface area contributed by atoms with Crippen molar-refractivity contribution in [3.8, 4) is 11.5 Å². The van der Waals surface area contributed by atoms with Crippen LogP contribution in [0.3, 0.4) is 0 Å². The number of anilines is 1. The number of non-ortho nitro benzene ring substituents is 1. The number of nitrogens with one attached hydrogen (secondary N) is 1. The number of halogens is 1. The third-order valence-corrected chi connectivity index (χ3v) is 3.19. The monoisotopic (exact) mass is 308 g/mol.